The maximum absolute atomic E-state index is 13.1. The number of carbonyl (C=O) groups is 1. The van der Waals surface area contributed by atoms with E-state index in [0.29, 0.717) is 23.5 Å². The summed E-state index contributed by atoms with van der Waals surface area (Å²) >= 11 is 0. The fraction of sp³-hybridized carbons (Fsp3) is 0.435. The van der Waals surface area contributed by atoms with Gasteiger partial charge in [-0.25, -0.2) is 8.42 Å². The summed E-state index contributed by atoms with van der Waals surface area (Å²) in [6.07, 6.45) is 5.09. The number of hydrogen-bond acceptors (Lipinski definition) is 5. The van der Waals surface area contributed by atoms with E-state index in [-0.39, 0.29) is 5.91 Å². The van der Waals surface area contributed by atoms with Crippen LogP contribution in [-0.4, -0.2) is 46.8 Å². The third kappa shape index (κ3) is 5.70. The van der Waals surface area contributed by atoms with Crippen LogP contribution < -0.4 is 19.3 Å². The van der Waals surface area contributed by atoms with Crippen LogP contribution in [0.1, 0.15) is 32.6 Å². The van der Waals surface area contributed by atoms with Gasteiger partial charge in [-0.3, -0.25) is 9.10 Å². The summed E-state index contributed by atoms with van der Waals surface area (Å²) in [5.41, 5.74) is 2.17. The summed E-state index contributed by atoms with van der Waals surface area (Å²) in [6, 6.07) is 13.6. The Morgan fingerprint density at radius 1 is 1.13 bits per heavy atom. The molecule has 1 fully saturated rings. The first-order chi connectivity index (χ1) is 14.8. The second kappa shape index (κ2) is 10.0. The number of carbonyl (C=O) groups excluding carboxylic acids is 1. The van der Waals surface area contributed by atoms with Crippen molar-refractivity contribution in [2.45, 2.75) is 38.6 Å². The van der Waals surface area contributed by atoms with Crippen molar-refractivity contribution in [3.8, 4) is 5.75 Å². The maximum atomic E-state index is 13.1. The molecule has 3 rings (SSSR count). The monoisotopic (exact) mass is 445 g/mol. The van der Waals surface area contributed by atoms with E-state index < -0.39 is 16.1 Å². The Morgan fingerprint density at radius 3 is 2.39 bits per heavy atom. The van der Waals surface area contributed by atoms with E-state index in [9.17, 15) is 13.2 Å². The van der Waals surface area contributed by atoms with Gasteiger partial charge in [-0.05, 0) is 62.1 Å². The molecular weight excluding hydrogens is 414 g/mol. The van der Waals surface area contributed by atoms with Gasteiger partial charge < -0.3 is 15.0 Å². The number of hydrogen-bond donors (Lipinski definition) is 1. The molecule has 0 bridgehead atoms. The molecule has 0 saturated carbocycles. The SMILES string of the molecule is CC[C@H](C(=O)Nc1ccc(N2CCCCC2)cc1)N(c1cccc(OC)c1)S(C)(=O)=O. The smallest absolute Gasteiger partial charge is 0.248 e. The average molecular weight is 446 g/mol. The number of anilines is 3. The number of benzene rings is 2. The van der Waals surface area contributed by atoms with Gasteiger partial charge in [-0.15, -0.1) is 0 Å². The molecule has 2 aromatic carbocycles. The van der Waals surface area contributed by atoms with Crippen LogP contribution in [-0.2, 0) is 14.8 Å². The van der Waals surface area contributed by atoms with E-state index in [2.05, 4.69) is 10.2 Å². The minimum atomic E-state index is -3.70. The van der Waals surface area contributed by atoms with E-state index >= 15 is 0 Å². The molecule has 0 aliphatic carbocycles. The molecule has 1 saturated heterocycles. The first kappa shape index (κ1) is 22.9. The molecule has 1 N–H and O–H groups in total. The highest BCUT2D eigenvalue weighted by Gasteiger charge is 2.31. The largest absolute Gasteiger partial charge is 0.497 e. The van der Waals surface area contributed by atoms with Crippen molar-refractivity contribution in [3.05, 3.63) is 48.5 Å². The number of methoxy groups -OCH3 is 1. The maximum Gasteiger partial charge on any atom is 0.248 e. The number of sulfonamides is 1. The number of ether oxygens (including phenoxy) is 1. The van der Waals surface area contributed by atoms with Gasteiger partial charge in [-0.1, -0.05) is 13.0 Å². The molecule has 0 radical (unpaired) electrons. The molecule has 1 aliphatic rings. The molecule has 168 valence electrons. The van der Waals surface area contributed by atoms with Gasteiger partial charge in [-0.2, -0.15) is 0 Å². The Hall–Kier alpha value is -2.74. The lowest BCUT2D eigenvalue weighted by Gasteiger charge is -2.30. The van der Waals surface area contributed by atoms with Gasteiger partial charge in [0.1, 0.15) is 11.8 Å². The molecule has 0 spiro atoms. The molecule has 31 heavy (non-hydrogen) atoms. The number of nitrogens with zero attached hydrogens (tertiary/aromatic N) is 2. The summed E-state index contributed by atoms with van der Waals surface area (Å²) in [4.78, 5) is 15.4. The van der Waals surface area contributed by atoms with Gasteiger partial charge >= 0.3 is 0 Å². The third-order valence-electron chi connectivity index (χ3n) is 5.49. The van der Waals surface area contributed by atoms with Gasteiger partial charge in [0.2, 0.25) is 15.9 Å². The van der Waals surface area contributed by atoms with Gasteiger partial charge in [0.25, 0.3) is 0 Å². The quantitative estimate of drug-likeness (QED) is 0.667. The van der Waals surface area contributed by atoms with Gasteiger partial charge in [0.05, 0.1) is 19.1 Å². The predicted octanol–water partition coefficient (Wildman–Crippen LogP) is 3.87. The summed E-state index contributed by atoms with van der Waals surface area (Å²) in [6.45, 7) is 3.89. The first-order valence-corrected chi connectivity index (χ1v) is 12.5. The number of amides is 1. The number of rotatable bonds is 8. The van der Waals surface area contributed by atoms with Crippen molar-refractivity contribution in [3.63, 3.8) is 0 Å². The zero-order chi connectivity index (χ0) is 22.4. The zero-order valence-corrected chi connectivity index (χ0v) is 19.2. The standard InChI is InChI=1S/C23H31N3O4S/c1-4-22(26(31(3,28)29)20-9-8-10-21(17-20)30-2)23(27)24-18-11-13-19(14-12-18)25-15-6-5-7-16-25/h8-14,17,22H,4-7,15-16H2,1-3H3,(H,24,27)/t22-/m1/s1. The van der Waals surface area contributed by atoms with Crippen LogP contribution in [0.25, 0.3) is 0 Å². The Balaban J connectivity index is 1.80. The van der Waals surface area contributed by atoms with Crippen LogP contribution in [0, 0.1) is 0 Å². The highest BCUT2D eigenvalue weighted by molar-refractivity contribution is 7.92. The van der Waals surface area contributed by atoms with Crippen molar-refractivity contribution in [2.24, 2.45) is 0 Å². The van der Waals surface area contributed by atoms with E-state index in [4.69, 9.17) is 4.74 Å². The minimum Gasteiger partial charge on any atom is -0.497 e. The van der Waals surface area contributed by atoms with Crippen molar-refractivity contribution in [1.29, 1.82) is 0 Å². The lowest BCUT2D eigenvalue weighted by molar-refractivity contribution is -0.117. The van der Waals surface area contributed by atoms with Crippen LogP contribution in [0.15, 0.2) is 48.5 Å². The van der Waals surface area contributed by atoms with Crippen LogP contribution in [0.4, 0.5) is 17.1 Å². The molecule has 7 nitrogen and oxygen atoms in total. The van der Waals surface area contributed by atoms with E-state index in [1.165, 1.54) is 26.4 Å². The molecule has 1 aliphatic heterocycles. The highest BCUT2D eigenvalue weighted by atomic mass is 32.2. The van der Waals surface area contributed by atoms with Crippen LogP contribution in [0.5, 0.6) is 5.75 Å². The van der Waals surface area contributed by atoms with E-state index in [0.717, 1.165) is 29.3 Å². The fourth-order valence-electron chi connectivity index (χ4n) is 3.94. The first-order valence-electron chi connectivity index (χ1n) is 10.6. The Morgan fingerprint density at radius 2 is 1.81 bits per heavy atom. The second-order valence-corrected chi connectivity index (χ2v) is 9.63. The second-order valence-electron chi connectivity index (χ2n) is 7.77. The lowest BCUT2D eigenvalue weighted by atomic mass is 10.1. The van der Waals surface area contributed by atoms with E-state index in [1.807, 2.05) is 24.3 Å². The molecule has 1 atom stereocenters. The van der Waals surface area contributed by atoms with Gasteiger partial charge in [0.15, 0.2) is 0 Å². The molecule has 0 unspecified atom stereocenters. The normalized spacial score (nSPS) is 15.3. The van der Waals surface area contributed by atoms with Crippen LogP contribution in [0.2, 0.25) is 0 Å². The van der Waals surface area contributed by atoms with Crippen molar-refractivity contribution in [2.75, 3.05) is 41.0 Å². The summed E-state index contributed by atoms with van der Waals surface area (Å²) in [5.74, 6) is 0.149. The van der Waals surface area contributed by atoms with Crippen molar-refractivity contribution < 1.29 is 17.9 Å². The molecule has 1 amide bonds. The molecule has 2 aromatic rings. The summed E-state index contributed by atoms with van der Waals surface area (Å²) in [5, 5.41) is 2.88. The summed E-state index contributed by atoms with van der Waals surface area (Å²) < 4.78 is 31.6. The average Bonchev–Trinajstić information content (AvgIpc) is 2.77. The molecular formula is C23H31N3O4S. The van der Waals surface area contributed by atoms with Crippen molar-refractivity contribution >= 4 is 33.0 Å². The fourth-order valence-corrected chi connectivity index (χ4v) is 5.14. The Bertz CT molecular complexity index is 986. The van der Waals surface area contributed by atoms with Crippen LogP contribution in [0.3, 0.4) is 0 Å². The topological polar surface area (TPSA) is 79.0 Å². The number of nitrogens with one attached hydrogen (secondary N) is 1. The minimum absolute atomic E-state index is 0.321. The Labute approximate surface area is 185 Å². The molecule has 1 heterocycles. The molecule has 0 aromatic heterocycles. The zero-order valence-electron chi connectivity index (χ0n) is 18.4. The highest BCUT2D eigenvalue weighted by Crippen LogP contribution is 2.27. The summed E-state index contributed by atoms with van der Waals surface area (Å²) in [7, 11) is -2.19. The van der Waals surface area contributed by atoms with Crippen molar-refractivity contribution in [1.82, 2.24) is 0 Å². The molecule has 8 heteroatoms. The lowest BCUT2D eigenvalue weighted by Crippen LogP contribution is -2.47. The van der Waals surface area contributed by atoms with Crippen LogP contribution >= 0.6 is 0 Å². The van der Waals surface area contributed by atoms with E-state index in [1.54, 1.807) is 31.2 Å². The predicted molar refractivity (Wildman–Crippen MR) is 126 cm³/mol. The Kier molecular flexibility index (Phi) is 7.43. The van der Waals surface area contributed by atoms with Gasteiger partial charge in [0, 0.05) is 30.5 Å². The number of piperidine rings is 1. The third-order valence-corrected chi connectivity index (χ3v) is 6.67.